The van der Waals surface area contributed by atoms with Crippen molar-refractivity contribution in [2.45, 2.75) is 13.8 Å². The smallest absolute Gasteiger partial charge is 0.287 e. The summed E-state index contributed by atoms with van der Waals surface area (Å²) in [4.78, 5) is 28.1. The molecule has 3 aromatic rings. The normalized spacial score (nSPS) is 10.6. The van der Waals surface area contributed by atoms with Gasteiger partial charge in [0.1, 0.15) is 0 Å². The van der Waals surface area contributed by atoms with Crippen LogP contribution in [0.1, 0.15) is 21.9 Å². The predicted molar refractivity (Wildman–Crippen MR) is 98.2 cm³/mol. The van der Waals surface area contributed by atoms with Crippen LogP contribution in [0.15, 0.2) is 45.6 Å². The maximum Gasteiger partial charge on any atom is 0.287 e. The topological polar surface area (TPSA) is 102 Å². The molecule has 0 unspecified atom stereocenters. The van der Waals surface area contributed by atoms with E-state index in [9.17, 15) is 9.59 Å². The summed E-state index contributed by atoms with van der Waals surface area (Å²) < 4.78 is 7.29. The third-order valence-electron chi connectivity index (χ3n) is 3.46. The van der Waals surface area contributed by atoms with Crippen LogP contribution >= 0.6 is 15.9 Å². The van der Waals surface area contributed by atoms with Gasteiger partial charge in [-0.05, 0) is 60.1 Å². The van der Waals surface area contributed by atoms with Gasteiger partial charge in [0.15, 0.2) is 16.2 Å². The van der Waals surface area contributed by atoms with Gasteiger partial charge in [0.05, 0.1) is 24.1 Å². The minimum absolute atomic E-state index is 0.126. The number of aryl methyl sites for hydroxylation is 2. The van der Waals surface area contributed by atoms with Gasteiger partial charge in [0.2, 0.25) is 5.91 Å². The molecule has 0 bridgehead atoms. The first-order chi connectivity index (χ1) is 12.4. The lowest BCUT2D eigenvalue weighted by Crippen LogP contribution is -2.32. The number of carbonyl (C=O) groups excluding carboxylic acids is 2. The number of nitrogens with one attached hydrogen (secondary N) is 2. The molecule has 2 amide bonds. The van der Waals surface area contributed by atoms with Gasteiger partial charge in [-0.3, -0.25) is 9.59 Å². The summed E-state index contributed by atoms with van der Waals surface area (Å²) in [6.07, 6.45) is 1.54. The highest BCUT2D eigenvalue weighted by Crippen LogP contribution is 2.14. The number of aromatic nitrogens is 3. The van der Waals surface area contributed by atoms with E-state index in [-0.39, 0.29) is 18.2 Å². The summed E-state index contributed by atoms with van der Waals surface area (Å²) in [6, 6.07) is 8.55. The van der Waals surface area contributed by atoms with Crippen LogP contribution < -0.4 is 10.6 Å². The van der Waals surface area contributed by atoms with Crippen LogP contribution in [0.25, 0.3) is 5.82 Å². The van der Waals surface area contributed by atoms with E-state index in [0.717, 1.165) is 11.4 Å². The third-order valence-corrected chi connectivity index (χ3v) is 3.89. The predicted octanol–water partition coefficient (Wildman–Crippen LogP) is 2.61. The van der Waals surface area contributed by atoms with E-state index in [2.05, 4.69) is 36.6 Å². The number of furan rings is 1. The van der Waals surface area contributed by atoms with E-state index in [0.29, 0.717) is 16.2 Å². The number of nitrogens with zero attached hydrogens (tertiary/aromatic N) is 3. The summed E-state index contributed by atoms with van der Waals surface area (Å²) in [5.41, 5.74) is 2.40. The Balaban J connectivity index is 1.56. The molecule has 0 aliphatic heterocycles. The lowest BCUT2D eigenvalue weighted by molar-refractivity contribution is -0.115. The van der Waals surface area contributed by atoms with Crippen molar-refractivity contribution in [3.63, 3.8) is 0 Å². The molecule has 0 spiro atoms. The van der Waals surface area contributed by atoms with Gasteiger partial charge in [-0.25, -0.2) is 9.67 Å². The highest BCUT2D eigenvalue weighted by atomic mass is 79.9. The van der Waals surface area contributed by atoms with Crippen LogP contribution in [0.3, 0.4) is 0 Å². The van der Waals surface area contributed by atoms with Crippen molar-refractivity contribution in [1.82, 2.24) is 20.1 Å². The van der Waals surface area contributed by atoms with Gasteiger partial charge in [0, 0.05) is 5.69 Å². The minimum atomic E-state index is -0.469. The first-order valence-electron chi connectivity index (χ1n) is 7.75. The minimum Gasteiger partial charge on any atom is -0.444 e. The molecule has 0 fully saturated rings. The second-order valence-electron chi connectivity index (χ2n) is 5.58. The Hall–Kier alpha value is -2.94. The fraction of sp³-hybridized carbons (Fsp3) is 0.176. The van der Waals surface area contributed by atoms with Gasteiger partial charge in [-0.15, -0.1) is 0 Å². The Bertz CT molecular complexity index is 946. The first-order valence-corrected chi connectivity index (χ1v) is 8.55. The zero-order valence-corrected chi connectivity index (χ0v) is 15.7. The van der Waals surface area contributed by atoms with Crippen molar-refractivity contribution in [3.05, 3.63) is 58.3 Å². The Morgan fingerprint density at radius 1 is 1.23 bits per heavy atom. The molecular weight excluding hydrogens is 402 g/mol. The lowest BCUT2D eigenvalue weighted by atomic mass is 10.3. The van der Waals surface area contributed by atoms with Gasteiger partial charge in [-0.1, -0.05) is 0 Å². The molecule has 3 heterocycles. The van der Waals surface area contributed by atoms with Crippen molar-refractivity contribution < 1.29 is 14.0 Å². The largest absolute Gasteiger partial charge is 0.444 e. The molecule has 3 aromatic heterocycles. The molecule has 0 aromatic carbocycles. The van der Waals surface area contributed by atoms with Gasteiger partial charge >= 0.3 is 0 Å². The van der Waals surface area contributed by atoms with Gasteiger partial charge in [-0.2, -0.15) is 5.10 Å². The van der Waals surface area contributed by atoms with E-state index < -0.39 is 5.91 Å². The van der Waals surface area contributed by atoms with E-state index >= 15 is 0 Å². The lowest BCUT2D eigenvalue weighted by Gasteiger charge is -2.07. The summed E-state index contributed by atoms with van der Waals surface area (Å²) >= 11 is 3.11. The Labute approximate surface area is 157 Å². The second kappa shape index (κ2) is 7.52. The molecule has 2 N–H and O–H groups in total. The molecule has 134 valence electrons. The highest BCUT2D eigenvalue weighted by Gasteiger charge is 2.12. The van der Waals surface area contributed by atoms with Crippen molar-refractivity contribution in [1.29, 1.82) is 0 Å². The third kappa shape index (κ3) is 4.17. The molecule has 0 atom stereocenters. The number of carbonyl (C=O) groups is 2. The molecule has 9 heteroatoms. The fourth-order valence-electron chi connectivity index (χ4n) is 2.34. The molecule has 26 heavy (non-hydrogen) atoms. The zero-order chi connectivity index (χ0) is 18.7. The number of hydrogen-bond acceptors (Lipinski definition) is 5. The van der Waals surface area contributed by atoms with E-state index in [1.54, 1.807) is 22.9 Å². The first kappa shape index (κ1) is 17.9. The zero-order valence-electron chi connectivity index (χ0n) is 14.1. The van der Waals surface area contributed by atoms with Crippen molar-refractivity contribution >= 4 is 33.4 Å². The van der Waals surface area contributed by atoms with Crippen LogP contribution in [0.2, 0.25) is 0 Å². The van der Waals surface area contributed by atoms with Crippen LogP contribution in [-0.4, -0.2) is 33.1 Å². The summed E-state index contributed by atoms with van der Waals surface area (Å²) in [5, 5.41) is 9.50. The number of rotatable bonds is 5. The van der Waals surface area contributed by atoms with Crippen LogP contribution in [0, 0.1) is 13.8 Å². The Morgan fingerprint density at radius 3 is 2.62 bits per heavy atom. The summed E-state index contributed by atoms with van der Waals surface area (Å²) in [6.45, 7) is 3.67. The SMILES string of the molecule is Cc1cc(C)n(-c2ccc(NC(=O)CNC(=O)c3ccc(Br)o3)cn2)n1. The van der Waals surface area contributed by atoms with E-state index in [1.165, 1.54) is 12.3 Å². The van der Waals surface area contributed by atoms with Crippen LogP contribution in [0.4, 0.5) is 5.69 Å². The maximum absolute atomic E-state index is 12.0. The molecule has 0 saturated carbocycles. The summed E-state index contributed by atoms with van der Waals surface area (Å²) in [5.74, 6) is -0.0561. The number of hydrogen-bond donors (Lipinski definition) is 2. The van der Waals surface area contributed by atoms with Crippen LogP contribution in [0.5, 0.6) is 0 Å². The van der Waals surface area contributed by atoms with Crippen molar-refractivity contribution in [3.8, 4) is 5.82 Å². The Kier molecular flexibility index (Phi) is 5.17. The standard InChI is InChI=1S/C17H16BrN5O3/c1-10-7-11(2)23(22-10)15-6-3-12(8-19-15)21-16(24)9-20-17(25)13-4-5-14(18)26-13/h3-8H,9H2,1-2H3,(H,20,25)(H,21,24). The molecule has 8 nitrogen and oxygen atoms in total. The van der Waals surface area contributed by atoms with Gasteiger partial charge in [0.25, 0.3) is 5.91 Å². The van der Waals surface area contributed by atoms with Crippen molar-refractivity contribution in [2.75, 3.05) is 11.9 Å². The quantitative estimate of drug-likeness (QED) is 0.663. The highest BCUT2D eigenvalue weighted by molar-refractivity contribution is 9.10. The Morgan fingerprint density at radius 2 is 2.04 bits per heavy atom. The molecule has 0 aliphatic rings. The molecule has 0 saturated heterocycles. The number of anilines is 1. The number of pyridine rings is 1. The van der Waals surface area contributed by atoms with E-state index in [4.69, 9.17) is 4.42 Å². The average molecular weight is 418 g/mol. The summed E-state index contributed by atoms with van der Waals surface area (Å²) in [7, 11) is 0. The molecule has 3 rings (SSSR count). The number of amides is 2. The molecule has 0 radical (unpaired) electrons. The average Bonchev–Trinajstić information content (AvgIpc) is 3.18. The second-order valence-corrected chi connectivity index (χ2v) is 6.36. The molecule has 0 aliphatic carbocycles. The fourth-order valence-corrected chi connectivity index (χ4v) is 2.64. The monoisotopic (exact) mass is 417 g/mol. The maximum atomic E-state index is 12.0. The van der Waals surface area contributed by atoms with E-state index in [1.807, 2.05) is 19.9 Å². The van der Waals surface area contributed by atoms with Crippen molar-refractivity contribution in [2.24, 2.45) is 0 Å². The van der Waals surface area contributed by atoms with Gasteiger partial charge < -0.3 is 15.1 Å². The van der Waals surface area contributed by atoms with Crippen LogP contribution in [-0.2, 0) is 4.79 Å². The number of halogens is 1. The molecular formula is C17H16BrN5O3.